The van der Waals surface area contributed by atoms with Crippen molar-refractivity contribution < 1.29 is 17.9 Å². The van der Waals surface area contributed by atoms with Gasteiger partial charge in [0.15, 0.2) is 0 Å². The molecule has 1 N–H and O–H groups in total. The maximum atomic E-state index is 13.3. The van der Waals surface area contributed by atoms with Crippen LogP contribution in [0.1, 0.15) is 10.4 Å². The first-order chi connectivity index (χ1) is 14.9. The maximum Gasteiger partial charge on any atom is 0.264 e. The van der Waals surface area contributed by atoms with Gasteiger partial charge in [-0.25, -0.2) is 8.42 Å². The molecule has 0 saturated carbocycles. The Hall–Kier alpha value is -3.29. The molecule has 0 fully saturated rings. The fourth-order valence-electron chi connectivity index (χ4n) is 2.95. The summed E-state index contributed by atoms with van der Waals surface area (Å²) in [6.07, 6.45) is 1.51. The van der Waals surface area contributed by atoms with Crippen LogP contribution in [0.15, 0.2) is 90.3 Å². The summed E-state index contributed by atoms with van der Waals surface area (Å²) in [6, 6.07) is 19.4. The zero-order valence-electron chi connectivity index (χ0n) is 16.8. The summed E-state index contributed by atoms with van der Waals surface area (Å²) < 4.78 is 33.1. The van der Waals surface area contributed by atoms with Gasteiger partial charge in [0.05, 0.1) is 29.9 Å². The average molecular weight is 457 g/mol. The number of ether oxygens (including phenoxy) is 1. The Morgan fingerprint density at radius 1 is 1.10 bits per heavy atom. The minimum Gasteiger partial charge on any atom is -0.495 e. The van der Waals surface area contributed by atoms with Crippen molar-refractivity contribution in [3.8, 4) is 5.75 Å². The normalized spacial score (nSPS) is 10.9. The first kappa shape index (κ1) is 22.4. The standard InChI is InChI=1S/C23H21ClN2O4S/c1-3-14-26(19-9-5-4-6-10-19)31(28,29)20-11-7-8-17(15-20)23(27)25-21-16-18(24)12-13-22(21)30-2/h3-13,15-16H,1,14H2,2H3,(H,25,27). The van der Waals surface area contributed by atoms with Gasteiger partial charge in [-0.15, -0.1) is 6.58 Å². The van der Waals surface area contributed by atoms with E-state index < -0.39 is 15.9 Å². The van der Waals surface area contributed by atoms with Crippen LogP contribution in [0.2, 0.25) is 5.02 Å². The van der Waals surface area contributed by atoms with Crippen molar-refractivity contribution in [2.45, 2.75) is 4.90 Å². The fourth-order valence-corrected chi connectivity index (χ4v) is 4.61. The number of halogens is 1. The number of nitrogens with one attached hydrogen (secondary N) is 1. The van der Waals surface area contributed by atoms with Gasteiger partial charge in [-0.3, -0.25) is 9.10 Å². The van der Waals surface area contributed by atoms with Crippen LogP contribution in [0.25, 0.3) is 0 Å². The molecule has 0 aliphatic heterocycles. The summed E-state index contributed by atoms with van der Waals surface area (Å²) in [5.74, 6) is -0.0599. The zero-order chi connectivity index (χ0) is 22.4. The van der Waals surface area contributed by atoms with E-state index >= 15 is 0 Å². The summed E-state index contributed by atoms with van der Waals surface area (Å²) in [4.78, 5) is 12.8. The number of sulfonamides is 1. The molecule has 1 amide bonds. The topological polar surface area (TPSA) is 75.7 Å². The van der Waals surface area contributed by atoms with Gasteiger partial charge in [0.2, 0.25) is 0 Å². The lowest BCUT2D eigenvalue weighted by atomic mass is 10.2. The number of benzene rings is 3. The molecule has 0 aromatic heterocycles. The lowest BCUT2D eigenvalue weighted by Crippen LogP contribution is -2.31. The highest BCUT2D eigenvalue weighted by Crippen LogP contribution is 2.29. The number of anilines is 2. The molecule has 0 bridgehead atoms. The predicted octanol–water partition coefficient (Wildman–Crippen LogP) is 4.98. The molecule has 0 aliphatic carbocycles. The summed E-state index contributed by atoms with van der Waals surface area (Å²) in [7, 11) is -2.45. The van der Waals surface area contributed by atoms with Crippen molar-refractivity contribution in [2.24, 2.45) is 0 Å². The average Bonchev–Trinajstić information content (AvgIpc) is 2.78. The molecule has 0 saturated heterocycles. The van der Waals surface area contributed by atoms with Crippen LogP contribution in [0.3, 0.4) is 0 Å². The Labute approximate surface area is 186 Å². The van der Waals surface area contributed by atoms with Crippen molar-refractivity contribution in [3.63, 3.8) is 0 Å². The lowest BCUT2D eigenvalue weighted by Gasteiger charge is -2.23. The number of nitrogens with zero attached hydrogens (tertiary/aromatic N) is 1. The van der Waals surface area contributed by atoms with Gasteiger partial charge >= 0.3 is 0 Å². The summed E-state index contributed by atoms with van der Waals surface area (Å²) in [5.41, 5.74) is 1.06. The molecule has 6 nitrogen and oxygen atoms in total. The van der Waals surface area contributed by atoms with Crippen LogP contribution in [0.5, 0.6) is 5.75 Å². The molecule has 0 spiro atoms. The second kappa shape index (κ2) is 9.68. The van der Waals surface area contributed by atoms with Gasteiger partial charge in [-0.2, -0.15) is 0 Å². The molecule has 0 heterocycles. The van der Waals surface area contributed by atoms with Crippen LogP contribution >= 0.6 is 11.6 Å². The highest BCUT2D eigenvalue weighted by molar-refractivity contribution is 7.92. The molecule has 0 atom stereocenters. The summed E-state index contributed by atoms with van der Waals surface area (Å²) >= 11 is 6.01. The zero-order valence-corrected chi connectivity index (χ0v) is 18.4. The van der Waals surface area contributed by atoms with Crippen LogP contribution in [0, 0.1) is 0 Å². The number of amides is 1. The number of carbonyl (C=O) groups is 1. The van der Waals surface area contributed by atoms with E-state index in [0.29, 0.717) is 22.1 Å². The monoisotopic (exact) mass is 456 g/mol. The number of para-hydroxylation sites is 1. The van der Waals surface area contributed by atoms with Crippen LogP contribution < -0.4 is 14.4 Å². The van der Waals surface area contributed by atoms with Gasteiger partial charge in [0.25, 0.3) is 15.9 Å². The van der Waals surface area contributed by atoms with E-state index in [1.165, 1.54) is 41.8 Å². The van der Waals surface area contributed by atoms with Gasteiger partial charge in [-0.1, -0.05) is 41.9 Å². The van der Waals surface area contributed by atoms with Gasteiger partial charge in [0.1, 0.15) is 5.75 Å². The first-order valence-corrected chi connectivity index (χ1v) is 11.1. The second-order valence-electron chi connectivity index (χ2n) is 6.49. The molecule has 8 heteroatoms. The Bertz CT molecular complexity index is 1200. The quantitative estimate of drug-likeness (QED) is 0.485. The molecule has 0 aliphatic rings. The number of carbonyl (C=O) groups excluding carboxylic acids is 1. The number of hydrogen-bond donors (Lipinski definition) is 1. The molecule has 3 rings (SSSR count). The molecular formula is C23H21ClN2O4S. The molecule has 0 unspecified atom stereocenters. The van der Waals surface area contributed by atoms with Crippen molar-refractivity contribution in [1.82, 2.24) is 0 Å². The van der Waals surface area contributed by atoms with Crippen LogP contribution in [0.4, 0.5) is 11.4 Å². The van der Waals surface area contributed by atoms with Crippen molar-refractivity contribution in [3.05, 3.63) is 96.0 Å². The largest absolute Gasteiger partial charge is 0.495 e. The summed E-state index contributed by atoms with van der Waals surface area (Å²) in [5, 5.41) is 3.14. The van der Waals surface area contributed by atoms with Crippen LogP contribution in [-0.2, 0) is 10.0 Å². The van der Waals surface area contributed by atoms with E-state index in [2.05, 4.69) is 11.9 Å². The van der Waals surface area contributed by atoms with E-state index in [1.54, 1.807) is 48.5 Å². The maximum absolute atomic E-state index is 13.3. The van der Waals surface area contributed by atoms with E-state index in [-0.39, 0.29) is 17.0 Å². The fraction of sp³-hybridized carbons (Fsp3) is 0.0870. The third-order valence-corrected chi connectivity index (χ3v) is 6.46. The van der Waals surface area contributed by atoms with Crippen molar-refractivity contribution >= 4 is 38.9 Å². The highest BCUT2D eigenvalue weighted by atomic mass is 35.5. The number of hydrogen-bond acceptors (Lipinski definition) is 4. The number of methoxy groups -OCH3 is 1. The van der Waals surface area contributed by atoms with E-state index in [9.17, 15) is 13.2 Å². The van der Waals surface area contributed by atoms with E-state index in [0.717, 1.165) is 0 Å². The Balaban J connectivity index is 1.94. The van der Waals surface area contributed by atoms with Crippen LogP contribution in [-0.4, -0.2) is 28.0 Å². The number of rotatable bonds is 8. The van der Waals surface area contributed by atoms with E-state index in [4.69, 9.17) is 16.3 Å². The Morgan fingerprint density at radius 2 is 1.84 bits per heavy atom. The van der Waals surface area contributed by atoms with Crippen molar-refractivity contribution in [2.75, 3.05) is 23.3 Å². The van der Waals surface area contributed by atoms with E-state index in [1.807, 2.05) is 0 Å². The second-order valence-corrected chi connectivity index (χ2v) is 8.79. The third-order valence-electron chi connectivity index (χ3n) is 4.43. The Kier molecular flexibility index (Phi) is 6.99. The Morgan fingerprint density at radius 3 is 2.52 bits per heavy atom. The van der Waals surface area contributed by atoms with Gasteiger partial charge < -0.3 is 10.1 Å². The minimum absolute atomic E-state index is 0.0103. The minimum atomic E-state index is -3.93. The smallest absolute Gasteiger partial charge is 0.264 e. The highest BCUT2D eigenvalue weighted by Gasteiger charge is 2.25. The van der Waals surface area contributed by atoms with Gasteiger partial charge in [0, 0.05) is 10.6 Å². The molecule has 0 radical (unpaired) electrons. The van der Waals surface area contributed by atoms with Crippen molar-refractivity contribution in [1.29, 1.82) is 0 Å². The molecule has 31 heavy (non-hydrogen) atoms. The molecular weight excluding hydrogens is 436 g/mol. The third kappa shape index (κ3) is 5.07. The van der Waals surface area contributed by atoms with Gasteiger partial charge in [-0.05, 0) is 48.5 Å². The SMILES string of the molecule is C=CCN(c1ccccc1)S(=O)(=O)c1cccc(C(=O)Nc2cc(Cl)ccc2OC)c1. The predicted molar refractivity (Wildman–Crippen MR) is 124 cm³/mol. The first-order valence-electron chi connectivity index (χ1n) is 9.30. The lowest BCUT2D eigenvalue weighted by molar-refractivity contribution is 0.102. The molecule has 3 aromatic rings. The molecule has 160 valence electrons. The summed E-state index contributed by atoms with van der Waals surface area (Å²) in [6.45, 7) is 3.74. The molecule has 3 aromatic carbocycles.